The largest absolute Gasteiger partial charge is 0.396 e. The van der Waals surface area contributed by atoms with Gasteiger partial charge < -0.3 is 0 Å². The quantitative estimate of drug-likeness (QED) is 0.0457. The highest BCUT2D eigenvalue weighted by atomic mass is 32.1. The number of benzene rings is 3. The first-order chi connectivity index (χ1) is 28.5. The zero-order chi connectivity index (χ0) is 42.8. The van der Waals surface area contributed by atoms with Crippen molar-refractivity contribution in [3.8, 4) is 0 Å². The number of halogens is 4. The van der Waals surface area contributed by atoms with E-state index in [1.165, 1.54) is 117 Å². The van der Waals surface area contributed by atoms with Crippen molar-refractivity contribution in [2.45, 2.75) is 173 Å². The summed E-state index contributed by atoms with van der Waals surface area (Å²) in [6.45, 7) is 13.9. The molecule has 4 atom stereocenters. The lowest BCUT2D eigenvalue weighted by molar-refractivity contribution is -0.167. The topological polar surface area (TPSA) is 12.0 Å². The first-order valence-electron chi connectivity index (χ1n) is 23.2. The van der Waals surface area contributed by atoms with E-state index in [0.29, 0.717) is 5.56 Å². The van der Waals surface area contributed by atoms with Crippen molar-refractivity contribution in [3.63, 3.8) is 0 Å². The molecule has 0 saturated carbocycles. The van der Waals surface area contributed by atoms with Crippen LogP contribution in [0.15, 0.2) is 97.1 Å². The Morgan fingerprint density at radius 2 is 1.05 bits per heavy atom. The van der Waals surface area contributed by atoms with Crippen LogP contribution >= 0.6 is 16.0 Å². The molecule has 0 aliphatic heterocycles. The van der Waals surface area contributed by atoms with Gasteiger partial charge in [-0.15, -0.1) is 0 Å². The van der Waals surface area contributed by atoms with E-state index in [0.717, 1.165) is 30.1 Å². The van der Waals surface area contributed by atoms with Crippen LogP contribution in [-0.2, 0) is 11.7 Å². The molecule has 326 valence electrons. The van der Waals surface area contributed by atoms with Crippen molar-refractivity contribution < 1.29 is 17.6 Å². The first-order valence-corrected chi connectivity index (χ1v) is 31.6. The van der Waals surface area contributed by atoms with Gasteiger partial charge in [0.2, 0.25) is 0 Å². The summed E-state index contributed by atoms with van der Waals surface area (Å²) in [7, 11) is -5.28. The maximum absolute atomic E-state index is 15.8. The Morgan fingerprint density at radius 1 is 0.610 bits per heavy atom. The molecule has 0 amide bonds. The lowest BCUT2D eigenvalue weighted by Gasteiger charge is -2.46. The van der Waals surface area contributed by atoms with Gasteiger partial charge in [-0.05, 0) is 33.0 Å². The Hall–Kier alpha value is -1.89. The van der Waals surface area contributed by atoms with E-state index in [1.807, 2.05) is 18.2 Å². The molecule has 1 nitrogen and oxygen atoms in total. The number of hydrogen-bond donors (Lipinski definition) is 1. The highest BCUT2D eigenvalue weighted by Gasteiger charge is 2.56. The minimum Gasteiger partial charge on any atom is -0.290 e. The van der Waals surface area contributed by atoms with Crippen LogP contribution in [0.25, 0.3) is 0 Å². The Morgan fingerprint density at radius 3 is 1.47 bits per heavy atom. The molecular formula is C50H75F4NP2Si2. The van der Waals surface area contributed by atoms with Crippen molar-refractivity contribution in [3.05, 3.63) is 114 Å². The van der Waals surface area contributed by atoms with Gasteiger partial charge >= 0.3 is 6.18 Å². The van der Waals surface area contributed by atoms with Crippen LogP contribution < -0.4 is 20.8 Å². The van der Waals surface area contributed by atoms with Gasteiger partial charge in [0, 0.05) is 12.1 Å². The van der Waals surface area contributed by atoms with Crippen LogP contribution in [0.2, 0.25) is 36.3 Å². The molecular weight excluding hydrogens is 809 g/mol. The number of alkyl halides is 3. The van der Waals surface area contributed by atoms with Crippen LogP contribution in [0, 0.1) is 11.7 Å². The van der Waals surface area contributed by atoms with Gasteiger partial charge in [-0.25, -0.2) is 4.39 Å². The van der Waals surface area contributed by atoms with Crippen molar-refractivity contribution in [2.75, 3.05) is 0 Å². The van der Waals surface area contributed by atoms with Gasteiger partial charge in [0.25, 0.3) is 0 Å². The molecule has 0 saturated heterocycles. The third-order valence-electron chi connectivity index (χ3n) is 13.1. The van der Waals surface area contributed by atoms with Crippen LogP contribution in [0.3, 0.4) is 0 Å². The molecule has 1 aliphatic carbocycles. The zero-order valence-corrected chi connectivity index (χ0v) is 41.1. The van der Waals surface area contributed by atoms with E-state index in [9.17, 15) is 4.39 Å². The second kappa shape index (κ2) is 24.7. The number of nitrogens with one attached hydrogen (secondary N) is 1. The van der Waals surface area contributed by atoms with Crippen LogP contribution in [-0.4, -0.2) is 22.3 Å². The number of allylic oxidation sites excluding steroid dienone is 4. The minimum absolute atomic E-state index is 0.0315. The summed E-state index contributed by atoms with van der Waals surface area (Å²) < 4.78 is 62.3. The maximum atomic E-state index is 15.8. The van der Waals surface area contributed by atoms with Crippen molar-refractivity contribution >= 4 is 47.9 Å². The van der Waals surface area contributed by atoms with Gasteiger partial charge in [0.15, 0.2) is 0 Å². The molecule has 1 N–H and O–H groups in total. The maximum Gasteiger partial charge on any atom is 0.396 e. The molecule has 0 aromatic heterocycles. The van der Waals surface area contributed by atoms with E-state index in [2.05, 4.69) is 95.2 Å². The highest BCUT2D eigenvalue weighted by molar-refractivity contribution is 8.24. The highest BCUT2D eigenvalue weighted by Crippen LogP contribution is 2.72. The summed E-state index contributed by atoms with van der Waals surface area (Å²) in [5, 5.41) is 6.05. The lowest BCUT2D eigenvalue weighted by atomic mass is 9.81. The average molecular weight is 884 g/mol. The first kappa shape index (κ1) is 49.8. The standard InChI is InChI=1S/C50H75F4NP2Si2/c1-7-13-35-58(36-14-8-2,37-15-9-3)45-30-26-43(27-31-45)49(34-22-21-25-48(49)50(52,53)54)57(56-55-41-42-23-19-20-24-47(42)51)44-28-32-46(33-29-44)59(38-16-10-4,39-17-11-5)40-18-12-6/h19-34,48,55-56H,7-18,35-41H2,1-6H3. The molecule has 4 rings (SSSR count). The monoisotopic (exact) mass is 883 g/mol. The predicted molar refractivity (Wildman–Crippen MR) is 260 cm³/mol. The summed E-state index contributed by atoms with van der Waals surface area (Å²) >= 11 is 0. The summed E-state index contributed by atoms with van der Waals surface area (Å²) in [5.41, 5.74) is 1.27. The van der Waals surface area contributed by atoms with E-state index in [1.54, 1.807) is 18.2 Å². The molecule has 3 aromatic rings. The number of unbranched alkanes of at least 4 members (excludes halogenated alkanes) is 6. The minimum atomic E-state index is -4.47. The van der Waals surface area contributed by atoms with Crippen molar-refractivity contribution in [2.24, 2.45) is 5.92 Å². The SMILES string of the molecule is CCCC[Si](CCCC)(CCCC)c1ccc(P(PNCc2ccccc2F)C2(c3ccc([Si](CCCC)(CCCC)CCCC)cc3)C=CC=CC2C(F)(F)F)cc1. The fourth-order valence-electron chi connectivity index (χ4n) is 9.59. The van der Waals surface area contributed by atoms with Crippen LogP contribution in [0.1, 0.15) is 130 Å². The predicted octanol–water partition coefficient (Wildman–Crippen LogP) is 15.5. The third kappa shape index (κ3) is 12.8. The second-order valence-electron chi connectivity index (χ2n) is 17.3. The Labute approximate surface area is 361 Å². The molecule has 4 unspecified atom stereocenters. The van der Waals surface area contributed by atoms with Gasteiger partial charge in [0.1, 0.15) is 5.82 Å². The van der Waals surface area contributed by atoms with E-state index < -0.39 is 41.0 Å². The molecule has 9 heteroatoms. The lowest BCUT2D eigenvalue weighted by Crippen LogP contribution is -2.48. The normalized spacial score (nSPS) is 18.0. The van der Waals surface area contributed by atoms with Crippen LogP contribution in [0.5, 0.6) is 0 Å². The molecule has 0 bridgehead atoms. The summed E-state index contributed by atoms with van der Waals surface area (Å²) in [5.74, 6) is -2.00. The Bertz CT molecular complexity index is 1670. The van der Waals surface area contributed by atoms with Crippen LogP contribution in [0.4, 0.5) is 17.6 Å². The Kier molecular flexibility index (Phi) is 20.8. The van der Waals surface area contributed by atoms with Crippen molar-refractivity contribution in [1.82, 2.24) is 5.09 Å². The molecule has 0 radical (unpaired) electrons. The smallest absolute Gasteiger partial charge is 0.290 e. The van der Waals surface area contributed by atoms with Gasteiger partial charge in [-0.1, -0.05) is 256 Å². The summed E-state index contributed by atoms with van der Waals surface area (Å²) in [6.07, 6.45) is 16.5. The molecule has 0 heterocycles. The molecule has 0 spiro atoms. The molecule has 0 fully saturated rings. The molecule has 59 heavy (non-hydrogen) atoms. The van der Waals surface area contributed by atoms with E-state index in [-0.39, 0.29) is 20.8 Å². The number of rotatable bonds is 27. The molecule has 1 aliphatic rings. The third-order valence-corrected chi connectivity index (χ3v) is 29.9. The summed E-state index contributed by atoms with van der Waals surface area (Å²) in [6, 6.07) is 32.0. The Balaban J connectivity index is 1.93. The second-order valence-corrected chi connectivity index (χ2v) is 31.1. The van der Waals surface area contributed by atoms with E-state index in [4.69, 9.17) is 0 Å². The van der Waals surface area contributed by atoms with E-state index >= 15 is 13.2 Å². The average Bonchev–Trinajstić information content (AvgIpc) is 3.25. The van der Waals surface area contributed by atoms with Gasteiger partial charge in [-0.2, -0.15) is 13.2 Å². The van der Waals surface area contributed by atoms with Crippen molar-refractivity contribution in [1.29, 1.82) is 0 Å². The fraction of sp³-hybridized carbons (Fsp3) is 0.560. The van der Waals surface area contributed by atoms with Gasteiger partial charge in [0.05, 0.1) is 27.2 Å². The number of hydrogen-bond acceptors (Lipinski definition) is 1. The zero-order valence-electron chi connectivity index (χ0n) is 37.2. The van der Waals surface area contributed by atoms with Gasteiger partial charge in [-0.3, -0.25) is 5.09 Å². The molecule has 3 aromatic carbocycles. The summed E-state index contributed by atoms with van der Waals surface area (Å²) in [4.78, 5) is 0. The fourth-order valence-corrected chi connectivity index (χ4v) is 26.7.